The van der Waals surface area contributed by atoms with E-state index in [0.717, 1.165) is 11.3 Å². The fraction of sp³-hybridized carbons (Fsp3) is 0.100. The van der Waals surface area contributed by atoms with Crippen molar-refractivity contribution in [1.82, 2.24) is 0 Å². The molecule has 0 saturated heterocycles. The lowest BCUT2D eigenvalue weighted by Crippen LogP contribution is -1.73. The van der Waals surface area contributed by atoms with Crippen molar-refractivity contribution in [3.05, 3.63) is 29.8 Å². The van der Waals surface area contributed by atoms with Crippen LogP contribution in [0.5, 0.6) is 0 Å². The molecule has 0 aromatic heterocycles. The Balaban J connectivity index is 2.98. The van der Waals surface area contributed by atoms with E-state index in [4.69, 9.17) is 0 Å². The van der Waals surface area contributed by atoms with Crippen LogP contribution in [0, 0.1) is 11.8 Å². The van der Waals surface area contributed by atoms with Gasteiger partial charge in [-0.15, -0.1) is 0 Å². The SMILES string of the molecule is S=C=Nc1cccc(C#CCS)c1. The first-order chi connectivity index (χ1) is 6.36. The summed E-state index contributed by atoms with van der Waals surface area (Å²) in [6, 6.07) is 7.51. The van der Waals surface area contributed by atoms with Gasteiger partial charge in [0.1, 0.15) is 0 Å². The summed E-state index contributed by atoms with van der Waals surface area (Å²) < 4.78 is 0. The van der Waals surface area contributed by atoms with Crippen LogP contribution in [0.25, 0.3) is 0 Å². The monoisotopic (exact) mass is 205 g/mol. The molecule has 1 nitrogen and oxygen atoms in total. The van der Waals surface area contributed by atoms with Gasteiger partial charge in [-0.2, -0.15) is 17.6 Å². The van der Waals surface area contributed by atoms with Gasteiger partial charge in [0.2, 0.25) is 0 Å². The molecule has 0 spiro atoms. The molecule has 0 N–H and O–H groups in total. The molecule has 0 aliphatic rings. The molecule has 13 heavy (non-hydrogen) atoms. The summed E-state index contributed by atoms with van der Waals surface area (Å²) in [5.74, 6) is 6.36. The molecule has 64 valence electrons. The van der Waals surface area contributed by atoms with Crippen LogP contribution in [0.4, 0.5) is 5.69 Å². The Kier molecular flexibility index (Phi) is 4.28. The van der Waals surface area contributed by atoms with Crippen molar-refractivity contribution < 1.29 is 0 Å². The van der Waals surface area contributed by atoms with Crippen molar-refractivity contribution in [2.75, 3.05) is 5.75 Å². The van der Waals surface area contributed by atoms with Gasteiger partial charge in [-0.05, 0) is 30.4 Å². The second-order valence-corrected chi connectivity index (χ2v) is 2.71. The fourth-order valence-electron chi connectivity index (χ4n) is 0.848. The quantitative estimate of drug-likeness (QED) is 0.322. The van der Waals surface area contributed by atoms with Gasteiger partial charge < -0.3 is 0 Å². The summed E-state index contributed by atoms with van der Waals surface area (Å²) in [5.41, 5.74) is 1.70. The van der Waals surface area contributed by atoms with E-state index in [1.54, 1.807) is 0 Å². The van der Waals surface area contributed by atoms with E-state index in [9.17, 15) is 0 Å². The lowest BCUT2D eigenvalue weighted by molar-refractivity contribution is 1.53. The van der Waals surface area contributed by atoms with Crippen molar-refractivity contribution in [2.45, 2.75) is 0 Å². The maximum absolute atomic E-state index is 4.50. The molecule has 1 aromatic rings. The molecule has 0 fully saturated rings. The van der Waals surface area contributed by atoms with Gasteiger partial charge in [0.15, 0.2) is 0 Å². The summed E-state index contributed by atoms with van der Waals surface area (Å²) in [5, 5.41) is 2.31. The predicted octanol–water partition coefficient (Wildman–Crippen LogP) is 2.70. The van der Waals surface area contributed by atoms with Gasteiger partial charge in [-0.1, -0.05) is 17.9 Å². The van der Waals surface area contributed by atoms with E-state index < -0.39 is 0 Å². The molecule has 0 radical (unpaired) electrons. The third-order valence-corrected chi connectivity index (χ3v) is 1.58. The molecule has 1 aromatic carbocycles. The zero-order valence-corrected chi connectivity index (χ0v) is 8.53. The van der Waals surface area contributed by atoms with E-state index in [1.807, 2.05) is 24.3 Å². The van der Waals surface area contributed by atoms with Crippen molar-refractivity contribution in [3.63, 3.8) is 0 Å². The first-order valence-corrected chi connectivity index (χ1v) is 4.68. The van der Waals surface area contributed by atoms with Gasteiger partial charge in [0.05, 0.1) is 16.6 Å². The van der Waals surface area contributed by atoms with Gasteiger partial charge in [-0.25, -0.2) is 0 Å². The predicted molar refractivity (Wildman–Crippen MR) is 61.9 cm³/mol. The van der Waals surface area contributed by atoms with Gasteiger partial charge in [0, 0.05) is 5.56 Å². The number of aliphatic imine (C=N–C) groups is 1. The molecule has 0 amide bonds. The Morgan fingerprint density at radius 3 is 3.00 bits per heavy atom. The second-order valence-electron chi connectivity index (χ2n) is 2.21. The van der Waals surface area contributed by atoms with Crippen LogP contribution in [-0.4, -0.2) is 10.9 Å². The van der Waals surface area contributed by atoms with Crippen molar-refractivity contribution in [1.29, 1.82) is 0 Å². The highest BCUT2D eigenvalue weighted by molar-refractivity contribution is 7.80. The Morgan fingerprint density at radius 2 is 2.31 bits per heavy atom. The molecule has 0 aliphatic carbocycles. The van der Waals surface area contributed by atoms with E-state index >= 15 is 0 Å². The Bertz CT molecular complexity index is 395. The van der Waals surface area contributed by atoms with Gasteiger partial charge >= 0.3 is 0 Å². The molecule has 0 saturated carbocycles. The maximum Gasteiger partial charge on any atom is 0.0751 e. The summed E-state index contributed by atoms with van der Waals surface area (Å²) >= 11 is 8.49. The summed E-state index contributed by atoms with van der Waals surface area (Å²) in [4.78, 5) is 3.85. The average molecular weight is 205 g/mol. The van der Waals surface area contributed by atoms with Crippen LogP contribution in [0.2, 0.25) is 0 Å². The molecular formula is C10H7NS2. The number of thiocarbonyl (C=S) groups is 1. The minimum atomic E-state index is 0.556. The third kappa shape index (κ3) is 3.43. The van der Waals surface area contributed by atoms with Crippen molar-refractivity contribution in [3.8, 4) is 11.8 Å². The standard InChI is InChI=1S/C10H7NS2/c12-6-2-4-9-3-1-5-10(7-9)11-8-13/h1,3,5,7,12H,6H2. The highest BCUT2D eigenvalue weighted by Gasteiger charge is 1.89. The van der Waals surface area contributed by atoms with Gasteiger partial charge in [-0.3, -0.25) is 0 Å². The topological polar surface area (TPSA) is 12.4 Å². The zero-order valence-electron chi connectivity index (χ0n) is 6.82. The highest BCUT2D eigenvalue weighted by atomic mass is 32.1. The summed E-state index contributed by atoms with van der Waals surface area (Å²) in [7, 11) is 0. The van der Waals surface area contributed by atoms with Crippen LogP contribution in [0.3, 0.4) is 0 Å². The molecule has 0 unspecified atom stereocenters. The Hall–Kier alpha value is -1.07. The normalized spacial score (nSPS) is 8.08. The van der Waals surface area contributed by atoms with Crippen molar-refractivity contribution >= 4 is 35.7 Å². The molecular weight excluding hydrogens is 198 g/mol. The Labute approximate surface area is 88.3 Å². The summed E-state index contributed by atoms with van der Waals surface area (Å²) in [6.45, 7) is 0. The van der Waals surface area contributed by atoms with Crippen LogP contribution < -0.4 is 0 Å². The largest absolute Gasteiger partial charge is 0.195 e. The highest BCUT2D eigenvalue weighted by Crippen LogP contribution is 2.12. The molecule has 0 heterocycles. The zero-order chi connectivity index (χ0) is 9.52. The van der Waals surface area contributed by atoms with E-state index in [2.05, 4.69) is 46.8 Å². The van der Waals surface area contributed by atoms with Crippen LogP contribution in [0.15, 0.2) is 29.3 Å². The number of nitrogens with zero attached hydrogens (tertiary/aromatic N) is 1. The van der Waals surface area contributed by atoms with Crippen LogP contribution in [-0.2, 0) is 0 Å². The minimum absolute atomic E-state index is 0.556. The van der Waals surface area contributed by atoms with E-state index in [0.29, 0.717) is 5.75 Å². The lowest BCUT2D eigenvalue weighted by Gasteiger charge is -1.91. The first-order valence-electron chi connectivity index (χ1n) is 3.64. The molecule has 0 atom stereocenters. The van der Waals surface area contributed by atoms with E-state index in [1.165, 1.54) is 0 Å². The number of isothiocyanates is 1. The minimum Gasteiger partial charge on any atom is -0.195 e. The molecule has 1 rings (SSSR count). The van der Waals surface area contributed by atoms with Crippen LogP contribution >= 0.6 is 24.8 Å². The first kappa shape index (κ1) is 10.0. The molecule has 0 bridgehead atoms. The molecule has 0 aliphatic heterocycles. The number of rotatable bonds is 1. The van der Waals surface area contributed by atoms with E-state index in [-0.39, 0.29) is 0 Å². The number of benzene rings is 1. The molecule has 3 heteroatoms. The van der Waals surface area contributed by atoms with Crippen LogP contribution in [0.1, 0.15) is 5.56 Å². The maximum atomic E-state index is 4.50. The second kappa shape index (κ2) is 5.55. The fourth-order valence-corrected chi connectivity index (χ4v) is 1.03. The lowest BCUT2D eigenvalue weighted by atomic mass is 10.2. The number of hydrogen-bond donors (Lipinski definition) is 1. The average Bonchev–Trinajstić information content (AvgIpc) is 2.16. The summed E-state index contributed by atoms with van der Waals surface area (Å²) in [6.07, 6.45) is 0. The number of hydrogen-bond acceptors (Lipinski definition) is 3. The number of thiol groups is 1. The van der Waals surface area contributed by atoms with Gasteiger partial charge in [0.25, 0.3) is 0 Å². The smallest absolute Gasteiger partial charge is 0.0751 e. The van der Waals surface area contributed by atoms with Crippen molar-refractivity contribution in [2.24, 2.45) is 4.99 Å². The third-order valence-electron chi connectivity index (χ3n) is 1.33. The Morgan fingerprint density at radius 1 is 1.46 bits per heavy atom.